The van der Waals surface area contributed by atoms with Crippen molar-refractivity contribution in [3.63, 3.8) is 0 Å². The normalized spacial score (nSPS) is 12.0. The van der Waals surface area contributed by atoms with Crippen molar-refractivity contribution in [3.8, 4) is 11.5 Å². The molecule has 2 rings (SSSR count). The van der Waals surface area contributed by atoms with Crippen LogP contribution in [0.25, 0.3) is 0 Å². The number of guanidine groups is 1. The molecule has 6 nitrogen and oxygen atoms in total. The number of hydrogen-bond donors (Lipinski definition) is 4. The average molecular weight is 485 g/mol. The van der Waals surface area contributed by atoms with E-state index in [4.69, 9.17) is 4.74 Å². The van der Waals surface area contributed by atoms with E-state index in [0.29, 0.717) is 31.2 Å². The van der Waals surface area contributed by atoms with Crippen LogP contribution >= 0.6 is 24.0 Å². The van der Waals surface area contributed by atoms with E-state index in [1.807, 2.05) is 42.5 Å². The molecule has 4 N–H and O–H groups in total. The van der Waals surface area contributed by atoms with Gasteiger partial charge in [0.1, 0.15) is 11.5 Å². The molecule has 2 aromatic carbocycles. The molecule has 0 aliphatic heterocycles. The zero-order valence-electron chi connectivity index (χ0n) is 15.7. The first-order valence-electron chi connectivity index (χ1n) is 8.64. The van der Waals surface area contributed by atoms with E-state index in [9.17, 15) is 10.2 Å². The number of ether oxygens (including phenoxy) is 1. The molecule has 0 aromatic heterocycles. The van der Waals surface area contributed by atoms with Gasteiger partial charge in [0.2, 0.25) is 0 Å². The molecule has 0 radical (unpaired) electrons. The Morgan fingerprint density at radius 3 is 2.48 bits per heavy atom. The zero-order valence-corrected chi connectivity index (χ0v) is 18.0. The number of phenolic OH excluding ortho intramolecular Hbond substituents is 1. The summed E-state index contributed by atoms with van der Waals surface area (Å²) in [4.78, 5) is 4.20. The third kappa shape index (κ3) is 7.26. The fourth-order valence-corrected chi connectivity index (χ4v) is 2.65. The van der Waals surface area contributed by atoms with Crippen LogP contribution in [0.4, 0.5) is 0 Å². The van der Waals surface area contributed by atoms with E-state index in [2.05, 4.69) is 15.6 Å². The van der Waals surface area contributed by atoms with Gasteiger partial charge in [-0.1, -0.05) is 36.4 Å². The Balaban J connectivity index is 0.00000364. The van der Waals surface area contributed by atoms with Gasteiger partial charge in [-0.15, -0.1) is 24.0 Å². The first-order valence-corrected chi connectivity index (χ1v) is 8.64. The monoisotopic (exact) mass is 485 g/mol. The van der Waals surface area contributed by atoms with Crippen molar-refractivity contribution in [2.75, 3.05) is 33.9 Å². The highest BCUT2D eigenvalue weighted by Crippen LogP contribution is 2.23. The molecule has 0 saturated carbocycles. The lowest BCUT2D eigenvalue weighted by Gasteiger charge is -2.18. The Hall–Kier alpha value is -2.00. The number of aromatic hydroxyl groups is 1. The highest BCUT2D eigenvalue weighted by atomic mass is 127. The van der Waals surface area contributed by atoms with Crippen LogP contribution in [0.1, 0.15) is 17.0 Å². The first kappa shape index (κ1) is 23.0. The highest BCUT2D eigenvalue weighted by Gasteiger charge is 2.11. The molecular weight excluding hydrogens is 457 g/mol. The lowest BCUT2D eigenvalue weighted by atomic mass is 10.0. The lowest BCUT2D eigenvalue weighted by molar-refractivity contribution is 0.265. The Bertz CT molecular complexity index is 711. The Kier molecular flexibility index (Phi) is 10.6. The fourth-order valence-electron chi connectivity index (χ4n) is 2.65. The zero-order chi connectivity index (χ0) is 18.8. The van der Waals surface area contributed by atoms with E-state index < -0.39 is 0 Å². The third-order valence-corrected chi connectivity index (χ3v) is 4.21. The lowest BCUT2D eigenvalue weighted by Crippen LogP contribution is -2.40. The van der Waals surface area contributed by atoms with Crippen molar-refractivity contribution in [1.29, 1.82) is 0 Å². The van der Waals surface area contributed by atoms with Gasteiger partial charge in [0, 0.05) is 32.1 Å². The summed E-state index contributed by atoms with van der Waals surface area (Å²) < 4.78 is 5.09. The summed E-state index contributed by atoms with van der Waals surface area (Å²) in [5.74, 6) is 1.51. The van der Waals surface area contributed by atoms with Crippen molar-refractivity contribution in [2.45, 2.75) is 12.3 Å². The molecular formula is C20H28IN3O3. The third-order valence-electron chi connectivity index (χ3n) is 4.21. The molecule has 0 aliphatic rings. The Morgan fingerprint density at radius 1 is 1.15 bits per heavy atom. The second-order valence-electron chi connectivity index (χ2n) is 5.91. The van der Waals surface area contributed by atoms with Crippen LogP contribution in [0.15, 0.2) is 53.5 Å². The minimum absolute atomic E-state index is 0. The van der Waals surface area contributed by atoms with Crippen LogP contribution in [-0.2, 0) is 6.42 Å². The van der Waals surface area contributed by atoms with Crippen molar-refractivity contribution in [2.24, 2.45) is 4.99 Å². The smallest absolute Gasteiger partial charge is 0.191 e. The van der Waals surface area contributed by atoms with Crippen LogP contribution in [0, 0.1) is 0 Å². The second-order valence-corrected chi connectivity index (χ2v) is 5.91. The first-order chi connectivity index (χ1) is 12.7. The van der Waals surface area contributed by atoms with Crippen molar-refractivity contribution in [3.05, 3.63) is 59.7 Å². The van der Waals surface area contributed by atoms with Crippen LogP contribution in [0.5, 0.6) is 11.5 Å². The number of nitrogens with zero attached hydrogens (tertiary/aromatic N) is 1. The predicted molar refractivity (Wildman–Crippen MR) is 119 cm³/mol. The maximum absolute atomic E-state index is 10.00. The molecule has 0 heterocycles. The molecule has 1 atom stereocenters. The molecule has 27 heavy (non-hydrogen) atoms. The van der Waals surface area contributed by atoms with Gasteiger partial charge in [0.05, 0.1) is 13.7 Å². The van der Waals surface area contributed by atoms with Gasteiger partial charge in [-0.3, -0.25) is 4.99 Å². The van der Waals surface area contributed by atoms with Gasteiger partial charge < -0.3 is 25.6 Å². The van der Waals surface area contributed by atoms with Gasteiger partial charge in [0.25, 0.3) is 0 Å². The van der Waals surface area contributed by atoms with Crippen LogP contribution in [-0.4, -0.2) is 50.0 Å². The average Bonchev–Trinajstić information content (AvgIpc) is 2.68. The summed E-state index contributed by atoms with van der Waals surface area (Å²) in [7, 11) is 3.28. The van der Waals surface area contributed by atoms with Crippen molar-refractivity contribution in [1.82, 2.24) is 10.6 Å². The van der Waals surface area contributed by atoms with E-state index in [0.717, 1.165) is 11.1 Å². The van der Waals surface area contributed by atoms with Crippen LogP contribution in [0.2, 0.25) is 0 Å². The number of aliphatic hydroxyl groups excluding tert-OH is 1. The van der Waals surface area contributed by atoms with Crippen molar-refractivity contribution < 1.29 is 14.9 Å². The van der Waals surface area contributed by atoms with Gasteiger partial charge >= 0.3 is 0 Å². The van der Waals surface area contributed by atoms with Gasteiger partial charge in [-0.2, -0.15) is 0 Å². The van der Waals surface area contributed by atoms with Gasteiger partial charge in [0.15, 0.2) is 5.96 Å². The van der Waals surface area contributed by atoms with E-state index in [1.54, 1.807) is 20.2 Å². The molecule has 1 unspecified atom stereocenters. The molecule has 0 saturated heterocycles. The summed E-state index contributed by atoms with van der Waals surface area (Å²) in [5.41, 5.74) is 1.92. The summed E-state index contributed by atoms with van der Waals surface area (Å²) in [6.07, 6.45) is 0.651. The molecule has 0 spiro atoms. The number of phenols is 1. The minimum atomic E-state index is 0. The topological polar surface area (TPSA) is 86.1 Å². The number of nitrogens with one attached hydrogen (secondary N) is 2. The van der Waals surface area contributed by atoms with Gasteiger partial charge in [-0.05, 0) is 23.6 Å². The molecule has 148 valence electrons. The molecule has 0 fully saturated rings. The number of aliphatic imine (C=N–C) groups is 1. The number of hydrogen-bond acceptors (Lipinski definition) is 4. The van der Waals surface area contributed by atoms with E-state index >= 15 is 0 Å². The molecule has 0 aliphatic carbocycles. The number of halogens is 1. The molecule has 0 amide bonds. The predicted octanol–water partition coefficient (Wildman–Crippen LogP) is 2.50. The summed E-state index contributed by atoms with van der Waals surface area (Å²) in [5, 5.41) is 26.1. The molecule has 2 aromatic rings. The Labute approximate surface area is 177 Å². The van der Waals surface area contributed by atoms with Gasteiger partial charge in [-0.25, -0.2) is 0 Å². The highest BCUT2D eigenvalue weighted by molar-refractivity contribution is 14.0. The quantitative estimate of drug-likeness (QED) is 0.262. The molecule has 7 heteroatoms. The number of rotatable bonds is 8. The maximum Gasteiger partial charge on any atom is 0.191 e. The van der Waals surface area contributed by atoms with Crippen molar-refractivity contribution >= 4 is 29.9 Å². The largest absolute Gasteiger partial charge is 0.508 e. The second kappa shape index (κ2) is 12.4. The maximum atomic E-state index is 10.00. The number of aliphatic hydroxyl groups is 1. The molecule has 0 bridgehead atoms. The van der Waals surface area contributed by atoms with Crippen LogP contribution in [0.3, 0.4) is 0 Å². The fraction of sp³-hybridized carbons (Fsp3) is 0.350. The summed E-state index contributed by atoms with van der Waals surface area (Å²) >= 11 is 0. The van der Waals surface area contributed by atoms with E-state index in [1.165, 1.54) is 0 Å². The summed E-state index contributed by atoms with van der Waals surface area (Å²) in [6, 6.07) is 15.2. The van der Waals surface area contributed by atoms with Crippen LogP contribution < -0.4 is 15.4 Å². The standard InChI is InChI=1S/C20H27N3O3.HI/c1-21-20(23-13-17(14-24)15-6-4-3-5-7-15)22-11-10-16-8-9-18(26-2)12-19(16)25;/h3-9,12,17,24-25H,10-11,13-14H2,1-2H3,(H2,21,22,23);1H. The number of benzene rings is 2. The summed E-state index contributed by atoms with van der Waals surface area (Å²) in [6.45, 7) is 1.26. The number of methoxy groups -OCH3 is 1. The van der Waals surface area contributed by atoms with E-state index in [-0.39, 0.29) is 42.3 Å². The minimum Gasteiger partial charge on any atom is -0.508 e. The Morgan fingerprint density at radius 2 is 1.89 bits per heavy atom. The SMILES string of the molecule is CN=C(NCCc1ccc(OC)cc1O)NCC(CO)c1ccccc1.I.